The molecule has 3 heteroatoms. The minimum absolute atomic E-state index is 0.275. The molecule has 0 bridgehead atoms. The molecule has 0 N–H and O–H groups in total. The number of hydrogen-bond acceptors (Lipinski definition) is 0. The number of halogens is 3. The molecule has 11 heavy (non-hydrogen) atoms. The van der Waals surface area contributed by atoms with Gasteiger partial charge in [0.2, 0.25) is 0 Å². The fourth-order valence-electron chi connectivity index (χ4n) is 0.665. The predicted octanol–water partition coefficient (Wildman–Crippen LogP) is 3.95. The van der Waals surface area contributed by atoms with Crippen molar-refractivity contribution in [2.45, 2.75) is 0 Å². The molecule has 0 aliphatic carbocycles. The highest BCUT2D eigenvalue weighted by Gasteiger charge is 2.00. The first kappa shape index (κ1) is 8.94. The predicted molar refractivity (Wildman–Crippen MR) is 52.1 cm³/mol. The fraction of sp³-hybridized carbons (Fsp3) is 0. The quantitative estimate of drug-likeness (QED) is 0.730. The van der Waals surface area contributed by atoms with E-state index >= 15 is 0 Å². The first-order valence-electron chi connectivity index (χ1n) is 2.91. The maximum absolute atomic E-state index is 12.8. The van der Waals surface area contributed by atoms with Gasteiger partial charge in [0, 0.05) is 4.48 Å². The Morgan fingerprint density at radius 1 is 1.45 bits per heavy atom. The first-order valence-corrected chi connectivity index (χ1v) is 4.49. The molecule has 58 valence electrons. The van der Waals surface area contributed by atoms with Gasteiger partial charge in [0.15, 0.2) is 0 Å². The average molecular weight is 280 g/mol. The maximum Gasteiger partial charge on any atom is 0.138 e. The summed E-state index contributed by atoms with van der Waals surface area (Å²) in [5.74, 6) is -0.275. The van der Waals surface area contributed by atoms with E-state index in [0.29, 0.717) is 8.96 Å². The van der Waals surface area contributed by atoms with E-state index in [1.807, 2.05) is 0 Å². The van der Waals surface area contributed by atoms with Gasteiger partial charge in [-0.1, -0.05) is 28.6 Å². The highest BCUT2D eigenvalue weighted by molar-refractivity contribution is 9.15. The van der Waals surface area contributed by atoms with Crippen LogP contribution in [0.3, 0.4) is 0 Å². The van der Waals surface area contributed by atoms with E-state index in [4.69, 9.17) is 0 Å². The van der Waals surface area contributed by atoms with Gasteiger partial charge in [-0.25, -0.2) is 4.39 Å². The van der Waals surface area contributed by atoms with Crippen LogP contribution in [0.25, 0.3) is 4.48 Å². The van der Waals surface area contributed by atoms with Crippen LogP contribution in [0.15, 0.2) is 29.3 Å². The minimum Gasteiger partial charge on any atom is -0.206 e. The van der Waals surface area contributed by atoms with Crippen molar-refractivity contribution in [2.24, 2.45) is 0 Å². The molecule has 0 heterocycles. The summed E-state index contributed by atoms with van der Waals surface area (Å²) in [5, 5.41) is 0. The molecule has 0 saturated heterocycles. The van der Waals surface area contributed by atoms with Gasteiger partial charge in [0.1, 0.15) is 5.82 Å². The molecule has 1 rings (SSSR count). The van der Waals surface area contributed by atoms with Crippen LogP contribution in [0.5, 0.6) is 0 Å². The van der Waals surface area contributed by atoms with Gasteiger partial charge in [-0.3, -0.25) is 0 Å². The Bertz CT molecular complexity index is 294. The second kappa shape index (κ2) is 3.50. The molecule has 0 aromatic heterocycles. The van der Waals surface area contributed by atoms with Gasteiger partial charge in [-0.15, -0.1) is 0 Å². The van der Waals surface area contributed by atoms with Gasteiger partial charge < -0.3 is 0 Å². The van der Waals surface area contributed by atoms with Crippen molar-refractivity contribution in [3.8, 4) is 0 Å². The van der Waals surface area contributed by atoms with Gasteiger partial charge in [-0.2, -0.15) is 0 Å². The molecule has 0 unspecified atom stereocenters. The Morgan fingerprint density at radius 3 is 2.55 bits per heavy atom. The fourth-order valence-corrected chi connectivity index (χ4v) is 1.16. The van der Waals surface area contributed by atoms with Crippen LogP contribution in [-0.2, 0) is 0 Å². The van der Waals surface area contributed by atoms with Crippen LogP contribution in [-0.4, -0.2) is 0 Å². The smallest absolute Gasteiger partial charge is 0.138 e. The topological polar surface area (TPSA) is 0 Å². The van der Waals surface area contributed by atoms with Crippen LogP contribution < -0.4 is 0 Å². The molecule has 0 aliphatic heterocycles. The molecular weight excluding hydrogens is 275 g/mol. The Hall–Kier alpha value is -0.150. The molecule has 0 radical (unpaired) electrons. The summed E-state index contributed by atoms with van der Waals surface area (Å²) in [7, 11) is 0. The minimum atomic E-state index is -0.275. The van der Waals surface area contributed by atoms with Crippen LogP contribution in [0.4, 0.5) is 4.39 Å². The second-order valence-electron chi connectivity index (χ2n) is 2.03. The van der Waals surface area contributed by atoms with Gasteiger partial charge >= 0.3 is 0 Å². The van der Waals surface area contributed by atoms with E-state index in [0.717, 1.165) is 5.56 Å². The highest BCUT2D eigenvalue weighted by atomic mass is 79.9. The molecule has 1 aromatic rings. The summed E-state index contributed by atoms with van der Waals surface area (Å²) in [6, 6.07) is 4.85. The first-order chi connectivity index (χ1) is 5.11. The lowest BCUT2D eigenvalue weighted by Crippen LogP contribution is -1.80. The van der Waals surface area contributed by atoms with Gasteiger partial charge in [-0.05, 0) is 33.6 Å². The lowest BCUT2D eigenvalue weighted by molar-refractivity contribution is 0.621. The maximum atomic E-state index is 12.8. The monoisotopic (exact) mass is 278 g/mol. The molecule has 0 spiro atoms. The number of hydrogen-bond donors (Lipinski definition) is 0. The van der Waals surface area contributed by atoms with Crippen molar-refractivity contribution >= 4 is 36.3 Å². The number of rotatable bonds is 1. The molecule has 0 nitrogen and oxygen atoms in total. The van der Waals surface area contributed by atoms with Gasteiger partial charge in [0.25, 0.3) is 0 Å². The Balaban J connectivity index is 3.15. The van der Waals surface area contributed by atoms with E-state index in [9.17, 15) is 4.39 Å². The molecule has 1 aromatic carbocycles. The largest absolute Gasteiger partial charge is 0.206 e. The van der Waals surface area contributed by atoms with E-state index in [1.54, 1.807) is 12.1 Å². The second-order valence-corrected chi connectivity index (χ2v) is 3.85. The van der Waals surface area contributed by atoms with Crippen molar-refractivity contribution in [2.75, 3.05) is 0 Å². The van der Waals surface area contributed by atoms with Crippen molar-refractivity contribution < 1.29 is 4.39 Å². The molecule has 0 atom stereocenters. The normalized spacial score (nSPS) is 9.73. The van der Waals surface area contributed by atoms with E-state index < -0.39 is 0 Å². The lowest BCUT2D eigenvalue weighted by atomic mass is 10.2. The highest BCUT2D eigenvalue weighted by Crippen LogP contribution is 2.23. The summed E-state index contributed by atoms with van der Waals surface area (Å²) < 4.78 is 14.0. The van der Waals surface area contributed by atoms with E-state index in [-0.39, 0.29) is 5.82 Å². The van der Waals surface area contributed by atoms with Crippen LogP contribution >= 0.6 is 31.9 Å². The van der Waals surface area contributed by atoms with Crippen molar-refractivity contribution in [3.63, 3.8) is 0 Å². The third-order valence-corrected chi connectivity index (χ3v) is 2.33. The third kappa shape index (κ3) is 2.14. The summed E-state index contributed by atoms with van der Waals surface area (Å²) in [5.41, 5.74) is 0.755. The Kier molecular flexibility index (Phi) is 2.84. The van der Waals surface area contributed by atoms with Crippen LogP contribution in [0, 0.1) is 5.82 Å². The zero-order valence-corrected chi connectivity index (χ0v) is 8.75. The van der Waals surface area contributed by atoms with Gasteiger partial charge in [0.05, 0.1) is 4.47 Å². The molecule has 0 amide bonds. The average Bonchev–Trinajstić information content (AvgIpc) is 1.94. The zero-order chi connectivity index (χ0) is 8.43. The van der Waals surface area contributed by atoms with Crippen molar-refractivity contribution in [1.82, 2.24) is 0 Å². The SMILES string of the molecule is C=C(Br)c1ccc(Br)c(F)c1. The molecule has 0 saturated carbocycles. The summed E-state index contributed by atoms with van der Waals surface area (Å²) in [4.78, 5) is 0. The molecule has 0 aliphatic rings. The lowest BCUT2D eigenvalue weighted by Gasteiger charge is -1.98. The third-order valence-electron chi connectivity index (χ3n) is 1.23. The summed E-state index contributed by atoms with van der Waals surface area (Å²) in [6.07, 6.45) is 0. The van der Waals surface area contributed by atoms with Crippen LogP contribution in [0.2, 0.25) is 0 Å². The van der Waals surface area contributed by atoms with Crippen LogP contribution in [0.1, 0.15) is 5.56 Å². The summed E-state index contributed by atoms with van der Waals surface area (Å²) in [6.45, 7) is 3.63. The number of benzene rings is 1. The summed E-state index contributed by atoms with van der Waals surface area (Å²) >= 11 is 6.22. The van der Waals surface area contributed by atoms with E-state index in [1.165, 1.54) is 6.07 Å². The van der Waals surface area contributed by atoms with Crippen molar-refractivity contribution in [1.29, 1.82) is 0 Å². The zero-order valence-electron chi connectivity index (χ0n) is 5.57. The Labute approximate surface area is 81.4 Å². The molecule has 0 fully saturated rings. The van der Waals surface area contributed by atoms with E-state index in [2.05, 4.69) is 38.4 Å². The standard InChI is InChI=1S/C8H5Br2F/c1-5(9)6-2-3-7(10)8(11)4-6/h2-4H,1H2. The Morgan fingerprint density at radius 2 is 2.09 bits per heavy atom. The molecular formula is C8H5Br2F. The van der Waals surface area contributed by atoms with Crippen molar-refractivity contribution in [3.05, 3.63) is 40.6 Å².